The predicted molar refractivity (Wildman–Crippen MR) is 71.6 cm³/mol. The smallest absolute Gasteiger partial charge is 0.166 e. The first-order valence-electron chi connectivity index (χ1n) is 6.61. The lowest BCUT2D eigenvalue weighted by Crippen LogP contribution is -2.47. The molecule has 3 aliphatic rings. The van der Waals surface area contributed by atoms with Crippen LogP contribution in [0.2, 0.25) is 0 Å². The van der Waals surface area contributed by atoms with Gasteiger partial charge in [0.25, 0.3) is 0 Å². The lowest BCUT2D eigenvalue weighted by atomic mass is 9.79. The third-order valence-electron chi connectivity index (χ3n) is 4.72. The summed E-state index contributed by atoms with van der Waals surface area (Å²) in [6.45, 7) is 0.671. The Morgan fingerprint density at radius 2 is 2.24 bits per heavy atom. The molecule has 5 atom stereocenters. The van der Waals surface area contributed by atoms with Crippen LogP contribution in [0.5, 0.6) is 0 Å². The highest BCUT2D eigenvalue weighted by Gasteiger charge is 2.52. The minimum absolute atomic E-state index is 0.131. The van der Waals surface area contributed by atoms with Gasteiger partial charge < -0.3 is 15.7 Å². The molecule has 3 aliphatic carbocycles. The maximum absolute atomic E-state index is 8.75. The van der Waals surface area contributed by atoms with E-state index in [1.165, 1.54) is 19.3 Å². The van der Waals surface area contributed by atoms with Gasteiger partial charge in [0, 0.05) is 12.6 Å². The lowest BCUT2D eigenvalue weighted by molar-refractivity contribution is 0.245. The first-order valence-corrected chi connectivity index (χ1v) is 7.02. The van der Waals surface area contributed by atoms with Crippen LogP contribution in [-0.2, 0) is 0 Å². The fourth-order valence-electron chi connectivity index (χ4n) is 4.10. The Balaban J connectivity index is 1.56. The summed E-state index contributed by atoms with van der Waals surface area (Å²) in [7, 11) is 0. The number of rotatable bonds is 3. The molecule has 3 rings (SSSR count). The summed E-state index contributed by atoms with van der Waals surface area (Å²) < 4.78 is 0. The molecular formula is C13H20N2OS. The van der Waals surface area contributed by atoms with Gasteiger partial charge in [-0.25, -0.2) is 0 Å². The highest BCUT2D eigenvalue weighted by atomic mass is 32.1. The van der Waals surface area contributed by atoms with Crippen LogP contribution in [0.1, 0.15) is 19.3 Å². The van der Waals surface area contributed by atoms with Crippen LogP contribution in [0.4, 0.5) is 0 Å². The molecule has 5 unspecified atom stereocenters. The molecule has 17 heavy (non-hydrogen) atoms. The van der Waals surface area contributed by atoms with Crippen LogP contribution in [0.25, 0.3) is 0 Å². The monoisotopic (exact) mass is 252 g/mol. The Morgan fingerprint density at radius 3 is 3.06 bits per heavy atom. The molecule has 4 heteroatoms. The van der Waals surface area contributed by atoms with Gasteiger partial charge >= 0.3 is 0 Å². The zero-order valence-corrected chi connectivity index (χ0v) is 10.7. The SMILES string of the molecule is OCCNC(=S)NC1CC2CC1C1C=CCC21. The standard InChI is InChI=1S/C13H20N2OS/c16-5-4-14-13(17)15-12-7-8-6-11(12)10-3-1-2-9(8)10/h1,3,8-12,16H,2,4-7H2,(H2,14,15,17). The molecule has 2 saturated carbocycles. The van der Waals surface area contributed by atoms with Gasteiger partial charge in [-0.05, 0) is 55.2 Å². The van der Waals surface area contributed by atoms with E-state index in [1.807, 2.05) is 0 Å². The van der Waals surface area contributed by atoms with Gasteiger partial charge in [-0.3, -0.25) is 0 Å². The van der Waals surface area contributed by atoms with Crippen molar-refractivity contribution in [2.24, 2.45) is 23.7 Å². The van der Waals surface area contributed by atoms with Gasteiger partial charge in [0.15, 0.2) is 5.11 Å². The topological polar surface area (TPSA) is 44.3 Å². The van der Waals surface area contributed by atoms with E-state index >= 15 is 0 Å². The summed E-state index contributed by atoms with van der Waals surface area (Å²) in [5, 5.41) is 15.9. The van der Waals surface area contributed by atoms with E-state index in [1.54, 1.807) is 0 Å². The summed E-state index contributed by atoms with van der Waals surface area (Å²) in [6.07, 6.45) is 8.73. The van der Waals surface area contributed by atoms with E-state index in [0.717, 1.165) is 23.7 Å². The second kappa shape index (κ2) is 4.58. The molecule has 0 heterocycles. The molecule has 3 nitrogen and oxygen atoms in total. The van der Waals surface area contributed by atoms with Crippen molar-refractivity contribution in [2.45, 2.75) is 25.3 Å². The zero-order valence-electron chi connectivity index (χ0n) is 9.93. The van der Waals surface area contributed by atoms with Crippen LogP contribution in [0.3, 0.4) is 0 Å². The molecule has 3 N–H and O–H groups in total. The predicted octanol–water partition coefficient (Wildman–Crippen LogP) is 1.04. The highest BCUT2D eigenvalue weighted by Crippen LogP contribution is 2.56. The van der Waals surface area contributed by atoms with E-state index in [0.29, 0.717) is 17.7 Å². The van der Waals surface area contributed by atoms with Crippen molar-refractivity contribution in [1.82, 2.24) is 10.6 Å². The minimum atomic E-state index is 0.131. The molecule has 0 radical (unpaired) electrons. The molecule has 0 amide bonds. The number of thiocarbonyl (C=S) groups is 1. The van der Waals surface area contributed by atoms with E-state index in [9.17, 15) is 0 Å². The minimum Gasteiger partial charge on any atom is -0.395 e. The summed E-state index contributed by atoms with van der Waals surface area (Å²) in [6, 6.07) is 0.544. The van der Waals surface area contributed by atoms with Crippen molar-refractivity contribution < 1.29 is 5.11 Å². The van der Waals surface area contributed by atoms with Gasteiger partial charge in [0.1, 0.15) is 0 Å². The van der Waals surface area contributed by atoms with Gasteiger partial charge in [0.05, 0.1) is 6.61 Å². The number of allylic oxidation sites excluding steroid dienone is 2. The third-order valence-corrected chi connectivity index (χ3v) is 4.99. The molecule has 0 aromatic carbocycles. The molecule has 0 aliphatic heterocycles. The van der Waals surface area contributed by atoms with Crippen molar-refractivity contribution in [3.63, 3.8) is 0 Å². The average Bonchev–Trinajstić information content (AvgIpc) is 2.96. The summed E-state index contributed by atoms with van der Waals surface area (Å²) in [5.41, 5.74) is 0. The molecular weight excluding hydrogens is 232 g/mol. The zero-order chi connectivity index (χ0) is 11.8. The molecule has 0 aromatic rings. The number of nitrogens with one attached hydrogen (secondary N) is 2. The second-order valence-electron chi connectivity index (χ2n) is 5.53. The summed E-state index contributed by atoms with van der Waals surface area (Å²) in [4.78, 5) is 0. The fraction of sp³-hybridized carbons (Fsp3) is 0.769. The number of hydrogen-bond acceptors (Lipinski definition) is 2. The van der Waals surface area contributed by atoms with E-state index in [4.69, 9.17) is 17.3 Å². The van der Waals surface area contributed by atoms with Crippen molar-refractivity contribution in [2.75, 3.05) is 13.2 Å². The van der Waals surface area contributed by atoms with E-state index in [2.05, 4.69) is 22.8 Å². The number of hydrogen-bond donors (Lipinski definition) is 3. The van der Waals surface area contributed by atoms with Crippen molar-refractivity contribution in [3.8, 4) is 0 Å². The van der Waals surface area contributed by atoms with Crippen LogP contribution in [0.15, 0.2) is 12.2 Å². The quantitative estimate of drug-likeness (QED) is 0.519. The van der Waals surface area contributed by atoms with Crippen molar-refractivity contribution in [1.29, 1.82) is 0 Å². The average molecular weight is 252 g/mol. The molecule has 94 valence electrons. The Labute approximate surface area is 108 Å². The molecule has 0 spiro atoms. The normalized spacial score (nSPS) is 41.6. The maximum Gasteiger partial charge on any atom is 0.166 e. The Bertz CT molecular complexity index is 344. The first-order chi connectivity index (χ1) is 8.29. The maximum atomic E-state index is 8.75. The van der Waals surface area contributed by atoms with Gasteiger partial charge in [0.2, 0.25) is 0 Å². The number of fused-ring (bicyclic) bond motifs is 5. The fourth-order valence-corrected chi connectivity index (χ4v) is 4.35. The van der Waals surface area contributed by atoms with Gasteiger partial charge in [-0.15, -0.1) is 0 Å². The molecule has 2 bridgehead atoms. The Hall–Kier alpha value is -0.610. The summed E-state index contributed by atoms with van der Waals surface area (Å²) in [5.74, 6) is 3.40. The van der Waals surface area contributed by atoms with Gasteiger partial charge in [-0.2, -0.15) is 0 Å². The lowest BCUT2D eigenvalue weighted by Gasteiger charge is -2.32. The highest BCUT2D eigenvalue weighted by molar-refractivity contribution is 7.80. The largest absolute Gasteiger partial charge is 0.395 e. The molecule has 0 saturated heterocycles. The Morgan fingerprint density at radius 1 is 1.35 bits per heavy atom. The van der Waals surface area contributed by atoms with Crippen molar-refractivity contribution >= 4 is 17.3 Å². The second-order valence-corrected chi connectivity index (χ2v) is 5.94. The van der Waals surface area contributed by atoms with E-state index in [-0.39, 0.29) is 6.61 Å². The number of aliphatic hydroxyl groups is 1. The molecule has 0 aromatic heterocycles. The van der Waals surface area contributed by atoms with Crippen LogP contribution in [0, 0.1) is 23.7 Å². The van der Waals surface area contributed by atoms with E-state index < -0.39 is 0 Å². The third kappa shape index (κ3) is 1.97. The van der Waals surface area contributed by atoms with Crippen LogP contribution in [-0.4, -0.2) is 29.4 Å². The van der Waals surface area contributed by atoms with Crippen LogP contribution < -0.4 is 10.6 Å². The molecule has 2 fully saturated rings. The van der Waals surface area contributed by atoms with Gasteiger partial charge in [-0.1, -0.05) is 12.2 Å². The summed E-state index contributed by atoms with van der Waals surface area (Å²) >= 11 is 5.24. The van der Waals surface area contributed by atoms with Crippen molar-refractivity contribution in [3.05, 3.63) is 12.2 Å². The van der Waals surface area contributed by atoms with Crippen LogP contribution >= 0.6 is 12.2 Å². The first kappa shape index (κ1) is 11.5. The Kier molecular flexibility index (Phi) is 3.09. The number of aliphatic hydroxyl groups excluding tert-OH is 1.